The van der Waals surface area contributed by atoms with Crippen LogP contribution in [-0.4, -0.2) is 20.8 Å². The summed E-state index contributed by atoms with van der Waals surface area (Å²) in [5.41, 5.74) is 0.352. The third-order valence-corrected chi connectivity index (χ3v) is 7.30. The molecule has 0 aromatic carbocycles. The van der Waals surface area contributed by atoms with Crippen molar-refractivity contribution < 1.29 is 12.6 Å². The van der Waals surface area contributed by atoms with Crippen molar-refractivity contribution in [3.05, 3.63) is 0 Å². The SMILES string of the molecule is CC(C)[C@@H]1C[C@@H]2[C@]3(C)C[C@H]1C[C@@]2(C)[C@@H](OS(C)(=O)=O)C3. The van der Waals surface area contributed by atoms with E-state index < -0.39 is 10.1 Å². The van der Waals surface area contributed by atoms with Crippen LogP contribution in [-0.2, 0) is 14.3 Å². The van der Waals surface area contributed by atoms with Gasteiger partial charge in [-0.1, -0.05) is 27.7 Å². The highest BCUT2D eigenvalue weighted by Gasteiger charge is 2.66. The minimum atomic E-state index is -3.36. The molecular formula is C16H28O3S. The summed E-state index contributed by atoms with van der Waals surface area (Å²) in [4.78, 5) is 0. The van der Waals surface area contributed by atoms with Crippen molar-refractivity contribution in [2.45, 2.75) is 59.5 Å². The maximum atomic E-state index is 11.6. The molecule has 4 saturated carbocycles. The zero-order valence-corrected chi connectivity index (χ0v) is 14.2. The van der Waals surface area contributed by atoms with E-state index in [1.54, 1.807) is 0 Å². The molecule has 0 saturated heterocycles. The molecule has 0 aliphatic heterocycles. The maximum Gasteiger partial charge on any atom is 0.264 e. The lowest BCUT2D eigenvalue weighted by molar-refractivity contribution is -0.0978. The van der Waals surface area contributed by atoms with E-state index in [9.17, 15) is 8.42 Å². The van der Waals surface area contributed by atoms with Crippen LogP contribution in [0.2, 0.25) is 0 Å². The van der Waals surface area contributed by atoms with Crippen LogP contribution in [0.15, 0.2) is 0 Å². The van der Waals surface area contributed by atoms with Crippen LogP contribution in [0.1, 0.15) is 53.4 Å². The molecule has 4 bridgehead atoms. The Morgan fingerprint density at radius 3 is 2.30 bits per heavy atom. The lowest BCUT2D eigenvalue weighted by Gasteiger charge is -2.58. The molecule has 0 unspecified atom stereocenters. The van der Waals surface area contributed by atoms with Crippen molar-refractivity contribution in [1.82, 2.24) is 0 Å². The minimum absolute atomic E-state index is 0.0616. The van der Waals surface area contributed by atoms with Crippen LogP contribution in [0.5, 0.6) is 0 Å². The quantitative estimate of drug-likeness (QED) is 0.750. The zero-order chi connectivity index (χ0) is 14.9. The number of hydrogen-bond acceptors (Lipinski definition) is 3. The van der Waals surface area contributed by atoms with Gasteiger partial charge in [0, 0.05) is 0 Å². The second kappa shape index (κ2) is 4.22. The van der Waals surface area contributed by atoms with Crippen LogP contribution in [0.3, 0.4) is 0 Å². The standard InChI is InChI=1S/C16H28O3S/c1-10(2)12-6-13-15(3)7-11(12)8-16(13,4)14(9-15)19-20(5,17)18/h10-14H,6-9H2,1-5H3/t11-,12-,13+,14-,15+,16+/m0/s1. The van der Waals surface area contributed by atoms with Crippen LogP contribution in [0.4, 0.5) is 0 Å². The van der Waals surface area contributed by atoms with Gasteiger partial charge in [0.1, 0.15) is 0 Å². The van der Waals surface area contributed by atoms with Gasteiger partial charge in [-0.25, -0.2) is 0 Å². The van der Waals surface area contributed by atoms with Gasteiger partial charge in [-0.15, -0.1) is 0 Å². The zero-order valence-electron chi connectivity index (χ0n) is 13.3. The van der Waals surface area contributed by atoms with Crippen LogP contribution in [0.25, 0.3) is 0 Å². The number of fused-ring (bicyclic) bond motifs is 1. The molecule has 0 heterocycles. The Morgan fingerprint density at radius 1 is 1.15 bits per heavy atom. The summed E-state index contributed by atoms with van der Waals surface area (Å²) >= 11 is 0. The summed E-state index contributed by atoms with van der Waals surface area (Å²) in [6, 6.07) is 0. The van der Waals surface area contributed by atoms with E-state index in [1.165, 1.54) is 19.1 Å². The Kier molecular flexibility index (Phi) is 3.13. The lowest BCUT2D eigenvalue weighted by atomic mass is 9.47. The largest absolute Gasteiger partial charge is 0.266 e. The molecule has 0 aromatic rings. The normalized spacial score (nSPS) is 50.9. The van der Waals surface area contributed by atoms with Crippen molar-refractivity contribution in [1.29, 1.82) is 0 Å². The molecule has 0 amide bonds. The van der Waals surface area contributed by atoms with Gasteiger partial charge in [-0.05, 0) is 60.2 Å². The van der Waals surface area contributed by atoms with E-state index in [0.717, 1.165) is 30.6 Å². The third-order valence-electron chi connectivity index (χ3n) is 6.72. The summed E-state index contributed by atoms with van der Waals surface area (Å²) in [5, 5.41) is 0. The van der Waals surface area contributed by atoms with Crippen molar-refractivity contribution in [3.63, 3.8) is 0 Å². The van der Waals surface area contributed by atoms with Gasteiger partial charge in [0.15, 0.2) is 0 Å². The monoisotopic (exact) mass is 300 g/mol. The van der Waals surface area contributed by atoms with Crippen molar-refractivity contribution in [3.8, 4) is 0 Å². The van der Waals surface area contributed by atoms with Gasteiger partial charge in [0.25, 0.3) is 10.1 Å². The Hall–Kier alpha value is -0.0900. The molecule has 4 fully saturated rings. The van der Waals surface area contributed by atoms with E-state index in [-0.39, 0.29) is 11.5 Å². The smallest absolute Gasteiger partial charge is 0.264 e. The first-order valence-electron chi connectivity index (χ1n) is 7.93. The molecule has 4 rings (SSSR count). The maximum absolute atomic E-state index is 11.6. The highest BCUT2D eigenvalue weighted by atomic mass is 32.2. The number of rotatable bonds is 3. The van der Waals surface area contributed by atoms with E-state index in [2.05, 4.69) is 27.7 Å². The van der Waals surface area contributed by atoms with E-state index in [4.69, 9.17) is 4.18 Å². The first-order chi connectivity index (χ1) is 9.05. The fourth-order valence-corrected chi connectivity index (χ4v) is 6.76. The molecule has 4 aliphatic rings. The molecule has 3 nitrogen and oxygen atoms in total. The third kappa shape index (κ3) is 2.06. The van der Waals surface area contributed by atoms with Gasteiger partial charge in [0.05, 0.1) is 12.4 Å². The predicted octanol–water partition coefficient (Wildman–Crippen LogP) is 3.45. The summed E-state index contributed by atoms with van der Waals surface area (Å²) in [5.74, 6) is 2.93. The first-order valence-corrected chi connectivity index (χ1v) is 9.75. The minimum Gasteiger partial charge on any atom is -0.266 e. The molecule has 4 heteroatoms. The summed E-state index contributed by atoms with van der Waals surface area (Å²) < 4.78 is 28.7. The average molecular weight is 300 g/mol. The van der Waals surface area contributed by atoms with Crippen LogP contribution >= 0.6 is 0 Å². The molecule has 4 aliphatic carbocycles. The van der Waals surface area contributed by atoms with Gasteiger partial charge in [-0.2, -0.15) is 8.42 Å². The topological polar surface area (TPSA) is 43.4 Å². The molecule has 6 atom stereocenters. The Labute approximate surface area is 123 Å². The van der Waals surface area contributed by atoms with Crippen molar-refractivity contribution >= 4 is 10.1 Å². The second-order valence-corrected chi connectivity index (χ2v) is 10.1. The molecule has 20 heavy (non-hydrogen) atoms. The molecule has 0 N–H and O–H groups in total. The van der Waals surface area contributed by atoms with E-state index in [1.807, 2.05) is 0 Å². The first kappa shape index (κ1) is 14.8. The Balaban J connectivity index is 1.92. The van der Waals surface area contributed by atoms with E-state index in [0.29, 0.717) is 11.3 Å². The second-order valence-electron chi connectivity index (χ2n) is 8.52. The number of hydrogen-bond donors (Lipinski definition) is 0. The van der Waals surface area contributed by atoms with Gasteiger partial charge in [-0.3, -0.25) is 4.18 Å². The fourth-order valence-electron chi connectivity index (χ4n) is 6.05. The summed E-state index contributed by atoms with van der Waals surface area (Å²) in [6.07, 6.45) is 5.68. The molecular weight excluding hydrogens is 272 g/mol. The van der Waals surface area contributed by atoms with Crippen LogP contribution in [0, 0.1) is 34.5 Å². The summed E-state index contributed by atoms with van der Waals surface area (Å²) in [6.45, 7) is 9.32. The van der Waals surface area contributed by atoms with Crippen LogP contribution < -0.4 is 0 Å². The highest BCUT2D eigenvalue weighted by Crippen LogP contribution is 2.71. The Bertz CT molecular complexity index is 512. The molecule has 0 aromatic heterocycles. The van der Waals surface area contributed by atoms with E-state index >= 15 is 0 Å². The van der Waals surface area contributed by atoms with Gasteiger partial charge >= 0.3 is 0 Å². The molecule has 0 radical (unpaired) electrons. The van der Waals surface area contributed by atoms with Crippen molar-refractivity contribution in [2.75, 3.05) is 6.26 Å². The van der Waals surface area contributed by atoms with Crippen molar-refractivity contribution in [2.24, 2.45) is 34.5 Å². The molecule has 116 valence electrons. The molecule has 0 spiro atoms. The lowest BCUT2D eigenvalue weighted by Crippen LogP contribution is -2.51. The van der Waals surface area contributed by atoms with Gasteiger partial charge in [0.2, 0.25) is 0 Å². The Morgan fingerprint density at radius 2 is 1.80 bits per heavy atom. The summed E-state index contributed by atoms with van der Waals surface area (Å²) in [7, 11) is -3.36. The average Bonchev–Trinajstić information content (AvgIpc) is 2.38. The fraction of sp³-hybridized carbons (Fsp3) is 1.00. The predicted molar refractivity (Wildman–Crippen MR) is 79.7 cm³/mol. The van der Waals surface area contributed by atoms with Gasteiger partial charge < -0.3 is 0 Å². The highest BCUT2D eigenvalue weighted by molar-refractivity contribution is 7.86.